The first kappa shape index (κ1) is 24.3. The summed E-state index contributed by atoms with van der Waals surface area (Å²) in [5, 5.41) is 4.45. The highest BCUT2D eigenvalue weighted by Crippen LogP contribution is 2.52. The van der Waals surface area contributed by atoms with Crippen molar-refractivity contribution < 1.29 is 14.1 Å². The van der Waals surface area contributed by atoms with Gasteiger partial charge in [0.05, 0.1) is 5.41 Å². The Morgan fingerprint density at radius 1 is 1.11 bits per heavy atom. The predicted molar refractivity (Wildman–Crippen MR) is 134 cm³/mol. The zero-order chi connectivity index (χ0) is 24.8. The molecule has 0 bridgehead atoms. The third-order valence-electron chi connectivity index (χ3n) is 8.03. The van der Waals surface area contributed by atoms with Gasteiger partial charge in [0.1, 0.15) is 5.60 Å². The van der Waals surface area contributed by atoms with Crippen molar-refractivity contribution in [1.29, 1.82) is 0 Å². The lowest BCUT2D eigenvalue weighted by Gasteiger charge is -2.31. The number of benzene rings is 1. The summed E-state index contributed by atoms with van der Waals surface area (Å²) in [5.41, 5.74) is 0.531. The summed E-state index contributed by atoms with van der Waals surface area (Å²) in [4.78, 5) is 22.5. The van der Waals surface area contributed by atoms with Crippen LogP contribution in [0.5, 0.6) is 0 Å². The molecule has 0 saturated heterocycles. The van der Waals surface area contributed by atoms with E-state index in [1.807, 2.05) is 31.7 Å². The molecule has 5 rings (SSSR count). The maximum Gasteiger partial charge on any atom is 0.410 e. The van der Waals surface area contributed by atoms with E-state index in [2.05, 4.69) is 48.4 Å². The van der Waals surface area contributed by atoms with Gasteiger partial charge < -0.3 is 19.1 Å². The van der Waals surface area contributed by atoms with Crippen LogP contribution in [0.15, 0.2) is 34.9 Å². The minimum Gasteiger partial charge on any atom is -0.444 e. The Labute approximate surface area is 209 Å². The first-order valence-electron chi connectivity index (χ1n) is 13.2. The molecule has 1 amide bonds. The van der Waals surface area contributed by atoms with Gasteiger partial charge in [0.2, 0.25) is 5.89 Å². The molecule has 35 heavy (non-hydrogen) atoms. The van der Waals surface area contributed by atoms with Gasteiger partial charge in [0, 0.05) is 30.5 Å². The second kappa shape index (κ2) is 9.23. The topological polar surface area (TPSA) is 71.7 Å². The number of amides is 1. The number of ether oxygens (including phenoxy) is 1. The molecule has 1 aromatic carbocycles. The monoisotopic (exact) mass is 480 g/mol. The molecule has 7 heteroatoms. The lowest BCUT2D eigenvalue weighted by molar-refractivity contribution is 0.0208. The van der Waals surface area contributed by atoms with E-state index in [9.17, 15) is 4.79 Å². The van der Waals surface area contributed by atoms with Gasteiger partial charge in [-0.05, 0) is 85.4 Å². The quantitative estimate of drug-likeness (QED) is 0.522. The van der Waals surface area contributed by atoms with E-state index in [0.29, 0.717) is 24.4 Å². The first-order valence-corrected chi connectivity index (χ1v) is 13.2. The maximum absolute atomic E-state index is 13.3. The second-order valence-electron chi connectivity index (χ2n) is 12.1. The standard InChI is InChI=1S/C28H40N4O3/c1-27(2,3)34-26(33)32(23-17-22(23)19-9-7-6-8-10-19)18-28(15-16-28)25-29-24(35-30-25)20-11-13-21(14-12-20)31(4)5/h6-10,20-23H,11-18H2,1-5H3/t20-,21-,22?,23-/m0/s1. The molecule has 190 valence electrons. The van der Waals surface area contributed by atoms with Crippen LogP contribution in [-0.2, 0) is 10.2 Å². The summed E-state index contributed by atoms with van der Waals surface area (Å²) in [5.74, 6) is 2.25. The summed E-state index contributed by atoms with van der Waals surface area (Å²) in [6.07, 6.45) is 7.17. The van der Waals surface area contributed by atoms with Gasteiger partial charge in [-0.2, -0.15) is 4.98 Å². The molecule has 2 atom stereocenters. The van der Waals surface area contributed by atoms with Crippen LogP contribution in [0, 0.1) is 0 Å². The van der Waals surface area contributed by atoms with Crippen molar-refractivity contribution >= 4 is 6.09 Å². The fourth-order valence-electron chi connectivity index (χ4n) is 5.61. The lowest BCUT2D eigenvalue weighted by atomic mass is 9.85. The number of hydrogen-bond acceptors (Lipinski definition) is 6. The molecule has 0 aliphatic heterocycles. The third kappa shape index (κ3) is 5.40. The van der Waals surface area contributed by atoms with Crippen molar-refractivity contribution in [2.24, 2.45) is 0 Å². The molecule has 7 nitrogen and oxygen atoms in total. The van der Waals surface area contributed by atoms with Crippen LogP contribution in [0.1, 0.15) is 94.8 Å². The van der Waals surface area contributed by atoms with E-state index in [-0.39, 0.29) is 17.6 Å². The lowest BCUT2D eigenvalue weighted by Crippen LogP contribution is -2.43. The summed E-state index contributed by atoms with van der Waals surface area (Å²) in [6, 6.07) is 11.3. The van der Waals surface area contributed by atoms with E-state index in [1.165, 1.54) is 5.56 Å². The van der Waals surface area contributed by atoms with Gasteiger partial charge in [-0.1, -0.05) is 35.5 Å². The molecule has 3 fully saturated rings. The molecule has 0 radical (unpaired) electrons. The number of aromatic nitrogens is 2. The summed E-state index contributed by atoms with van der Waals surface area (Å²) in [7, 11) is 4.32. The van der Waals surface area contributed by atoms with Crippen LogP contribution < -0.4 is 0 Å². The Morgan fingerprint density at radius 3 is 2.40 bits per heavy atom. The summed E-state index contributed by atoms with van der Waals surface area (Å²) < 4.78 is 11.6. The van der Waals surface area contributed by atoms with Gasteiger partial charge in [0.25, 0.3) is 0 Å². The molecule has 3 saturated carbocycles. The third-order valence-corrected chi connectivity index (χ3v) is 8.03. The molecular weight excluding hydrogens is 440 g/mol. The highest BCUT2D eigenvalue weighted by molar-refractivity contribution is 5.70. The fourth-order valence-corrected chi connectivity index (χ4v) is 5.61. The molecule has 2 aromatic rings. The van der Waals surface area contributed by atoms with Crippen molar-refractivity contribution in [3.8, 4) is 0 Å². The van der Waals surface area contributed by atoms with Crippen molar-refractivity contribution in [2.75, 3.05) is 20.6 Å². The van der Waals surface area contributed by atoms with Crippen molar-refractivity contribution in [1.82, 2.24) is 19.9 Å². The molecule has 1 aromatic heterocycles. The van der Waals surface area contributed by atoms with Crippen LogP contribution in [0.2, 0.25) is 0 Å². The van der Waals surface area contributed by atoms with Crippen molar-refractivity contribution in [3.05, 3.63) is 47.6 Å². The fraction of sp³-hybridized carbons (Fsp3) is 0.679. The minimum atomic E-state index is -0.534. The van der Waals surface area contributed by atoms with E-state index >= 15 is 0 Å². The molecule has 0 spiro atoms. The Bertz CT molecular complexity index is 1020. The van der Waals surface area contributed by atoms with Crippen LogP contribution >= 0.6 is 0 Å². The van der Waals surface area contributed by atoms with E-state index in [4.69, 9.17) is 14.2 Å². The molecule has 3 aliphatic rings. The average molecular weight is 481 g/mol. The van der Waals surface area contributed by atoms with Gasteiger partial charge in [0.15, 0.2) is 5.82 Å². The second-order valence-corrected chi connectivity index (χ2v) is 12.1. The van der Waals surface area contributed by atoms with E-state index in [1.54, 1.807) is 0 Å². The Kier molecular flexibility index (Phi) is 6.41. The smallest absolute Gasteiger partial charge is 0.410 e. The van der Waals surface area contributed by atoms with Crippen LogP contribution in [-0.4, -0.2) is 64.4 Å². The van der Waals surface area contributed by atoms with Gasteiger partial charge in [-0.25, -0.2) is 4.79 Å². The van der Waals surface area contributed by atoms with E-state index < -0.39 is 5.60 Å². The van der Waals surface area contributed by atoms with Crippen LogP contribution in [0.25, 0.3) is 0 Å². The number of carbonyl (C=O) groups excluding carboxylic acids is 1. The molecule has 0 N–H and O–H groups in total. The SMILES string of the molecule is CN(C)[C@H]1CC[C@H](c2nc(C3(CN(C(=O)OC(C)(C)C)[C@H]4CC4c4ccccc4)CC3)no2)CC1. The van der Waals surface area contributed by atoms with Gasteiger partial charge >= 0.3 is 6.09 Å². The highest BCUT2D eigenvalue weighted by atomic mass is 16.6. The molecular formula is C28H40N4O3. The van der Waals surface area contributed by atoms with Crippen LogP contribution in [0.4, 0.5) is 4.79 Å². The zero-order valence-electron chi connectivity index (χ0n) is 21.9. The number of nitrogens with zero attached hydrogens (tertiary/aromatic N) is 4. The molecule has 1 unspecified atom stereocenters. The van der Waals surface area contributed by atoms with Gasteiger partial charge in [-0.3, -0.25) is 0 Å². The van der Waals surface area contributed by atoms with Crippen molar-refractivity contribution in [3.63, 3.8) is 0 Å². The molecule has 1 heterocycles. The number of hydrogen-bond donors (Lipinski definition) is 0. The highest BCUT2D eigenvalue weighted by Gasteiger charge is 2.55. The average Bonchev–Trinajstić information content (AvgIpc) is 3.73. The normalized spacial score (nSPS) is 27.5. The summed E-state index contributed by atoms with van der Waals surface area (Å²) in [6.45, 7) is 6.36. The Balaban J connectivity index is 1.30. The van der Waals surface area contributed by atoms with Gasteiger partial charge in [-0.15, -0.1) is 0 Å². The largest absolute Gasteiger partial charge is 0.444 e. The molecule has 3 aliphatic carbocycles. The Morgan fingerprint density at radius 2 is 1.80 bits per heavy atom. The number of carbonyl (C=O) groups is 1. The minimum absolute atomic E-state index is 0.150. The predicted octanol–water partition coefficient (Wildman–Crippen LogP) is 5.48. The van der Waals surface area contributed by atoms with E-state index in [0.717, 1.165) is 56.7 Å². The van der Waals surface area contributed by atoms with Crippen LogP contribution in [0.3, 0.4) is 0 Å². The zero-order valence-corrected chi connectivity index (χ0v) is 21.9. The summed E-state index contributed by atoms with van der Waals surface area (Å²) >= 11 is 0. The van der Waals surface area contributed by atoms with Crippen molar-refractivity contribution in [2.45, 2.75) is 101 Å². The Hall–Kier alpha value is -2.41. The number of rotatable bonds is 7. The first-order chi connectivity index (χ1) is 16.7. The maximum atomic E-state index is 13.3.